The summed E-state index contributed by atoms with van der Waals surface area (Å²) in [5.41, 5.74) is 0. The van der Waals surface area contributed by atoms with Crippen LogP contribution >= 0.6 is 7.82 Å². The number of cyclic esters (lactones) is 1. The maximum Gasteiger partial charge on any atom is 1.00 e. The zero-order valence-corrected chi connectivity index (χ0v) is 26.3. The van der Waals surface area contributed by atoms with Crippen molar-refractivity contribution in [3.05, 3.63) is 11.5 Å². The second-order valence-corrected chi connectivity index (χ2v) is 9.40. The first-order valence-corrected chi connectivity index (χ1v) is 13.3. The summed E-state index contributed by atoms with van der Waals surface area (Å²) in [4.78, 5) is 44.5. The fraction of sp³-hybridized carbons (Fsp3) is 0.818. The van der Waals surface area contributed by atoms with E-state index in [1.54, 1.807) is 0 Å². The average molecular weight is 538 g/mol. The Bertz CT molecular complexity index is 683. The Labute approximate surface area is 252 Å². The zero-order valence-electron chi connectivity index (χ0n) is 21.4. The van der Waals surface area contributed by atoms with Gasteiger partial charge in [0.2, 0.25) is 0 Å². The van der Waals surface area contributed by atoms with Crippen molar-refractivity contribution in [2.75, 3.05) is 6.61 Å². The monoisotopic (exact) mass is 538 g/mol. The number of esters is 2. The van der Waals surface area contributed by atoms with Gasteiger partial charge < -0.3 is 38.6 Å². The Morgan fingerprint density at radius 3 is 1.89 bits per heavy atom. The Morgan fingerprint density at radius 2 is 1.43 bits per heavy atom. The van der Waals surface area contributed by atoms with E-state index >= 15 is 0 Å². The second kappa shape index (κ2) is 21.3. The molecule has 10 nitrogen and oxygen atoms in total. The molecule has 0 saturated heterocycles. The molecule has 0 aromatic heterocycles. The number of hydrogen-bond acceptors (Lipinski definition) is 10. The van der Waals surface area contributed by atoms with Gasteiger partial charge in [0.1, 0.15) is 20.5 Å². The van der Waals surface area contributed by atoms with E-state index in [-0.39, 0.29) is 65.5 Å². The molecule has 1 aliphatic rings. The third-order valence-corrected chi connectivity index (χ3v) is 5.78. The first-order chi connectivity index (χ1) is 15.7. The summed E-state index contributed by atoms with van der Waals surface area (Å²) < 4.78 is 23.9. The second-order valence-electron chi connectivity index (χ2n) is 8.32. The first-order valence-electron chi connectivity index (χ1n) is 11.8. The summed E-state index contributed by atoms with van der Waals surface area (Å²) in [7, 11) is -5.60. The third kappa shape index (κ3) is 17.5. The largest absolute Gasteiger partial charge is 1.00 e. The van der Waals surface area contributed by atoms with E-state index in [2.05, 4.69) is 16.2 Å². The van der Waals surface area contributed by atoms with Crippen LogP contribution in [0.5, 0.6) is 0 Å². The van der Waals surface area contributed by atoms with Crippen LogP contribution in [0.2, 0.25) is 0 Å². The van der Waals surface area contributed by atoms with Crippen LogP contribution < -0.4 is 68.9 Å². The molecule has 0 aromatic carbocycles. The van der Waals surface area contributed by atoms with E-state index < -0.39 is 50.1 Å². The van der Waals surface area contributed by atoms with E-state index in [4.69, 9.17) is 4.74 Å². The van der Waals surface area contributed by atoms with Gasteiger partial charge in [0, 0.05) is 6.42 Å². The molecule has 2 N–H and O–H groups in total. The summed E-state index contributed by atoms with van der Waals surface area (Å²) >= 11 is 0. The van der Waals surface area contributed by atoms with Crippen molar-refractivity contribution in [2.24, 2.45) is 0 Å². The summed E-state index contributed by atoms with van der Waals surface area (Å²) in [5, 5.41) is 19.7. The van der Waals surface area contributed by atoms with Gasteiger partial charge in [0.15, 0.2) is 11.9 Å². The Kier molecular flexibility index (Phi) is 22.9. The molecule has 1 heterocycles. The normalized spacial score (nSPS) is 16.2. The van der Waals surface area contributed by atoms with Gasteiger partial charge >= 0.3 is 71.1 Å². The van der Waals surface area contributed by atoms with Crippen LogP contribution in [-0.4, -0.2) is 41.0 Å². The quantitative estimate of drug-likeness (QED) is 0.0746. The van der Waals surface area contributed by atoms with E-state index in [1.807, 2.05) is 0 Å². The predicted octanol–water partition coefficient (Wildman–Crippen LogP) is -3.08. The molecule has 0 fully saturated rings. The number of ether oxygens (including phenoxy) is 2. The van der Waals surface area contributed by atoms with Gasteiger partial charge in [0.05, 0.1) is 0 Å². The number of hydrogen-bond donors (Lipinski definition) is 2. The molecule has 1 rings (SSSR count). The van der Waals surface area contributed by atoms with Gasteiger partial charge in [-0.1, -0.05) is 84.0 Å². The van der Waals surface area contributed by atoms with Crippen LogP contribution in [-0.2, 0) is 28.2 Å². The van der Waals surface area contributed by atoms with Gasteiger partial charge in [0.25, 0.3) is 5.76 Å². The maximum absolute atomic E-state index is 11.8. The molecule has 0 amide bonds. The fourth-order valence-electron chi connectivity index (χ4n) is 3.54. The van der Waals surface area contributed by atoms with E-state index in [1.165, 1.54) is 57.8 Å². The van der Waals surface area contributed by atoms with Crippen molar-refractivity contribution in [1.29, 1.82) is 0 Å². The summed E-state index contributed by atoms with van der Waals surface area (Å²) in [6.45, 7) is 1.64. The maximum atomic E-state index is 11.8. The van der Waals surface area contributed by atoms with Gasteiger partial charge in [-0.2, -0.15) is 0 Å². The predicted molar refractivity (Wildman–Crippen MR) is 116 cm³/mol. The standard InChI is InChI=1S/C22H39O10P.2Na/c1-2-3-4-5-6-7-8-9-10-11-12-13-14-15-18(24)30-16-17(23)20-19(25)21(22(26)31-20)32-33(27,28)29;;/h17,20,23,25H,2-16H2,1H3,(H2,27,28,29);;/q;2*+1/p-2/t17-,20+;;/m0../s1. The SMILES string of the molecule is CCCCCCCCCCCCCCCC(=O)OC[C@H](O)[C@H]1OC(=O)C(OP(=O)([O-])[O-])=C1O.[Na+].[Na+]. The average Bonchev–Trinajstić information content (AvgIpc) is 3.02. The summed E-state index contributed by atoms with van der Waals surface area (Å²) in [6, 6.07) is 0. The number of aliphatic hydroxyl groups excluding tert-OH is 2. The van der Waals surface area contributed by atoms with Crippen molar-refractivity contribution in [2.45, 2.75) is 109 Å². The van der Waals surface area contributed by atoms with E-state index in [9.17, 15) is 34.2 Å². The molecule has 0 radical (unpaired) electrons. The first kappa shape index (κ1) is 37.5. The Morgan fingerprint density at radius 1 is 0.971 bits per heavy atom. The van der Waals surface area contributed by atoms with Crippen LogP contribution in [0.4, 0.5) is 0 Å². The number of unbranched alkanes of at least 4 members (excludes halogenated alkanes) is 12. The molecule has 0 bridgehead atoms. The van der Waals surface area contributed by atoms with E-state index in [0.717, 1.165) is 19.3 Å². The number of phosphoric ester groups is 1. The molecular weight excluding hydrogens is 501 g/mol. The molecule has 0 saturated carbocycles. The van der Waals surface area contributed by atoms with Crippen molar-refractivity contribution in [3.8, 4) is 0 Å². The minimum absolute atomic E-state index is 0. The molecule has 13 heteroatoms. The Hall–Kier alpha value is 0.390. The number of carbonyl (C=O) groups is 2. The third-order valence-electron chi connectivity index (χ3n) is 5.37. The van der Waals surface area contributed by atoms with Crippen LogP contribution in [0, 0.1) is 0 Å². The van der Waals surface area contributed by atoms with E-state index in [0.29, 0.717) is 6.42 Å². The van der Waals surface area contributed by atoms with Crippen LogP contribution in [0.25, 0.3) is 0 Å². The molecule has 2 atom stereocenters. The minimum atomic E-state index is -5.60. The summed E-state index contributed by atoms with van der Waals surface area (Å²) in [5.74, 6) is -4.22. The molecule has 35 heavy (non-hydrogen) atoms. The molecule has 192 valence electrons. The summed E-state index contributed by atoms with van der Waals surface area (Å²) in [6.07, 6.45) is 12.2. The van der Waals surface area contributed by atoms with Gasteiger partial charge in [-0.05, 0) is 6.42 Å². The zero-order chi connectivity index (χ0) is 24.7. The van der Waals surface area contributed by atoms with Crippen molar-refractivity contribution in [1.82, 2.24) is 0 Å². The van der Waals surface area contributed by atoms with Crippen molar-refractivity contribution >= 4 is 19.8 Å². The van der Waals surface area contributed by atoms with Crippen LogP contribution in [0.15, 0.2) is 11.5 Å². The minimum Gasteiger partial charge on any atom is -0.780 e. The molecule has 0 unspecified atom stereocenters. The van der Waals surface area contributed by atoms with Gasteiger partial charge in [-0.3, -0.25) is 4.79 Å². The van der Waals surface area contributed by atoms with Crippen molar-refractivity contribution in [3.63, 3.8) is 0 Å². The number of rotatable bonds is 19. The smallest absolute Gasteiger partial charge is 0.780 e. The fourth-order valence-corrected chi connectivity index (χ4v) is 3.93. The molecular formula is C22H37Na2O10P. The van der Waals surface area contributed by atoms with Crippen LogP contribution in [0.1, 0.15) is 96.8 Å². The van der Waals surface area contributed by atoms with Crippen molar-refractivity contribution < 1.29 is 107 Å². The molecule has 0 aliphatic carbocycles. The van der Waals surface area contributed by atoms with Gasteiger partial charge in [-0.25, -0.2) is 4.79 Å². The number of carbonyl (C=O) groups excluding carboxylic acids is 2. The topological polar surface area (TPSA) is 165 Å². The molecule has 0 aromatic rings. The molecule has 1 aliphatic heterocycles. The Balaban J connectivity index is 0. The number of aliphatic hydroxyl groups is 2. The molecule has 0 spiro atoms. The van der Waals surface area contributed by atoms with Gasteiger partial charge in [-0.15, -0.1) is 0 Å². The van der Waals surface area contributed by atoms with Crippen LogP contribution in [0.3, 0.4) is 0 Å². The number of phosphoric acid groups is 1.